The molecular weight excluding hydrogens is 685 g/mol. The molecule has 0 radical (unpaired) electrons. The van der Waals surface area contributed by atoms with Gasteiger partial charge in [0.1, 0.15) is 0 Å². The predicted molar refractivity (Wildman–Crippen MR) is 237 cm³/mol. The Labute approximate surface area is 323 Å². The van der Waals surface area contributed by atoms with Gasteiger partial charge in [0.25, 0.3) is 0 Å². The molecule has 0 bridgehead atoms. The van der Waals surface area contributed by atoms with E-state index in [0.29, 0.717) is 0 Å². The van der Waals surface area contributed by atoms with Gasteiger partial charge in [-0.15, -0.1) is 11.3 Å². The highest BCUT2D eigenvalue weighted by Crippen LogP contribution is 2.46. The van der Waals surface area contributed by atoms with E-state index in [2.05, 4.69) is 216 Å². The first-order chi connectivity index (χ1) is 27.3. The van der Waals surface area contributed by atoms with Crippen LogP contribution in [0.5, 0.6) is 0 Å². The van der Waals surface area contributed by atoms with E-state index in [9.17, 15) is 0 Å². The lowest BCUT2D eigenvalue weighted by molar-refractivity contribution is 1.15. The van der Waals surface area contributed by atoms with Crippen molar-refractivity contribution in [2.75, 3.05) is 4.90 Å². The van der Waals surface area contributed by atoms with Gasteiger partial charge in [-0.3, -0.25) is 0 Å². The van der Waals surface area contributed by atoms with Crippen LogP contribution in [0.1, 0.15) is 0 Å². The van der Waals surface area contributed by atoms with Crippen molar-refractivity contribution in [1.29, 1.82) is 0 Å². The maximum atomic E-state index is 2.47. The minimum Gasteiger partial charge on any atom is -0.308 e. The molecule has 9 aromatic carbocycles. The quantitative estimate of drug-likeness (QED) is 0.166. The van der Waals surface area contributed by atoms with Gasteiger partial charge >= 0.3 is 0 Å². The van der Waals surface area contributed by atoms with E-state index in [1.807, 2.05) is 11.3 Å². The van der Waals surface area contributed by atoms with Gasteiger partial charge in [0, 0.05) is 42.2 Å². The van der Waals surface area contributed by atoms with Crippen molar-refractivity contribution in [3.8, 4) is 27.9 Å². The van der Waals surface area contributed by atoms with Crippen molar-refractivity contribution in [1.82, 2.24) is 4.57 Å². The highest BCUT2D eigenvalue weighted by atomic mass is 32.1. The highest BCUT2D eigenvalue weighted by molar-refractivity contribution is 7.25. The Morgan fingerprint density at radius 2 is 0.982 bits per heavy atom. The highest BCUT2D eigenvalue weighted by Gasteiger charge is 2.23. The standard InChI is InChI=1S/C52H34N2S/c1-2-15-36-32-38(29-28-35(36)14-1)37-16-13-17-40(33-37)53(46-22-7-3-18-41(46)39-30-31-45-44-21-6-12-27-51(44)55-52(45)34-39)49-25-10-11-26-50(49)54-47-23-8-4-19-42(47)43-20-5-9-24-48(43)54/h1-34H. The molecule has 0 aliphatic rings. The first kappa shape index (κ1) is 31.6. The van der Waals surface area contributed by atoms with Crippen molar-refractivity contribution >= 4 is 81.1 Å². The zero-order valence-corrected chi connectivity index (χ0v) is 30.7. The Hall–Kier alpha value is -6.94. The Morgan fingerprint density at radius 1 is 0.364 bits per heavy atom. The molecule has 11 rings (SSSR count). The largest absolute Gasteiger partial charge is 0.308 e. The van der Waals surface area contributed by atoms with Gasteiger partial charge in [0.05, 0.1) is 28.1 Å². The van der Waals surface area contributed by atoms with Crippen LogP contribution < -0.4 is 4.90 Å². The summed E-state index contributed by atoms with van der Waals surface area (Å²) in [5.41, 5.74) is 11.5. The fraction of sp³-hybridized carbons (Fsp3) is 0. The monoisotopic (exact) mass is 718 g/mol. The summed E-state index contributed by atoms with van der Waals surface area (Å²) in [5, 5.41) is 7.59. The summed E-state index contributed by atoms with van der Waals surface area (Å²) in [6.07, 6.45) is 0. The van der Waals surface area contributed by atoms with Gasteiger partial charge in [-0.05, 0) is 88.1 Å². The van der Waals surface area contributed by atoms with E-state index in [1.165, 1.54) is 75.0 Å². The minimum atomic E-state index is 1.09. The zero-order valence-electron chi connectivity index (χ0n) is 29.9. The molecule has 2 heterocycles. The molecule has 11 aromatic rings. The van der Waals surface area contributed by atoms with Crippen LogP contribution in [0.3, 0.4) is 0 Å². The van der Waals surface area contributed by atoms with E-state index >= 15 is 0 Å². The summed E-state index contributed by atoms with van der Waals surface area (Å²) in [6, 6.07) is 75.3. The van der Waals surface area contributed by atoms with Crippen molar-refractivity contribution in [2.24, 2.45) is 0 Å². The number of hydrogen-bond donors (Lipinski definition) is 0. The van der Waals surface area contributed by atoms with Gasteiger partial charge < -0.3 is 9.47 Å². The second kappa shape index (κ2) is 12.9. The van der Waals surface area contributed by atoms with E-state index in [0.717, 1.165) is 22.7 Å². The lowest BCUT2D eigenvalue weighted by Gasteiger charge is -2.30. The van der Waals surface area contributed by atoms with Gasteiger partial charge in [0.15, 0.2) is 0 Å². The molecule has 0 N–H and O–H groups in total. The SMILES string of the molecule is c1cc(-c2ccc3ccccc3c2)cc(N(c2ccccc2-c2ccc3c(c2)sc2ccccc23)c2ccccc2-n2c3ccccc3c3ccccc32)c1. The fourth-order valence-electron chi connectivity index (χ4n) is 8.43. The molecule has 258 valence electrons. The molecule has 0 aliphatic heterocycles. The van der Waals surface area contributed by atoms with Crippen LogP contribution in [0.25, 0.3) is 80.7 Å². The van der Waals surface area contributed by atoms with Crippen LogP contribution in [0, 0.1) is 0 Å². The van der Waals surface area contributed by atoms with Crippen LogP contribution in [-0.4, -0.2) is 4.57 Å². The smallest absolute Gasteiger partial charge is 0.0702 e. The second-order valence-corrected chi connectivity index (χ2v) is 15.2. The van der Waals surface area contributed by atoms with E-state index in [4.69, 9.17) is 0 Å². The molecule has 3 heteroatoms. The van der Waals surface area contributed by atoms with Gasteiger partial charge in [-0.1, -0.05) is 146 Å². The van der Waals surface area contributed by atoms with Gasteiger partial charge in [-0.25, -0.2) is 0 Å². The molecular formula is C52H34N2S. The summed E-state index contributed by atoms with van der Waals surface area (Å²) >= 11 is 1.86. The molecule has 0 amide bonds. The number of nitrogens with zero attached hydrogens (tertiary/aromatic N) is 2. The molecule has 0 saturated heterocycles. The number of hydrogen-bond acceptors (Lipinski definition) is 2. The third-order valence-corrected chi connectivity index (χ3v) is 12.1. The van der Waals surface area contributed by atoms with Crippen molar-refractivity contribution in [2.45, 2.75) is 0 Å². The van der Waals surface area contributed by atoms with Crippen LogP contribution >= 0.6 is 11.3 Å². The molecule has 0 fully saturated rings. The topological polar surface area (TPSA) is 8.17 Å². The minimum absolute atomic E-state index is 1.09. The molecule has 0 aliphatic carbocycles. The van der Waals surface area contributed by atoms with Gasteiger partial charge in [0.2, 0.25) is 0 Å². The van der Waals surface area contributed by atoms with Crippen molar-refractivity contribution < 1.29 is 0 Å². The number of benzene rings is 9. The number of para-hydroxylation sites is 5. The summed E-state index contributed by atoms with van der Waals surface area (Å²) in [4.78, 5) is 2.47. The summed E-state index contributed by atoms with van der Waals surface area (Å²) in [6.45, 7) is 0. The molecule has 0 spiro atoms. The maximum absolute atomic E-state index is 2.47. The van der Waals surface area contributed by atoms with Gasteiger partial charge in [-0.2, -0.15) is 0 Å². The molecule has 0 atom stereocenters. The molecule has 2 nitrogen and oxygen atoms in total. The molecule has 2 aromatic heterocycles. The molecule has 0 saturated carbocycles. The average Bonchev–Trinajstić information content (AvgIpc) is 3.79. The zero-order chi connectivity index (χ0) is 36.3. The first-order valence-corrected chi connectivity index (χ1v) is 19.6. The Morgan fingerprint density at radius 3 is 1.82 bits per heavy atom. The van der Waals surface area contributed by atoms with Crippen molar-refractivity contribution in [3.63, 3.8) is 0 Å². The number of anilines is 3. The first-order valence-electron chi connectivity index (χ1n) is 18.8. The lowest BCUT2D eigenvalue weighted by atomic mass is 9.98. The number of thiophene rings is 1. The third-order valence-electron chi connectivity index (χ3n) is 11.0. The summed E-state index contributed by atoms with van der Waals surface area (Å²) in [5.74, 6) is 0. The molecule has 0 unspecified atom stereocenters. The van der Waals surface area contributed by atoms with Crippen molar-refractivity contribution in [3.05, 3.63) is 206 Å². The number of rotatable bonds is 6. The number of aromatic nitrogens is 1. The predicted octanol–water partition coefficient (Wildman–Crippen LogP) is 15.1. The normalized spacial score (nSPS) is 11.6. The average molecular weight is 719 g/mol. The molecule has 55 heavy (non-hydrogen) atoms. The summed E-state index contributed by atoms with van der Waals surface area (Å²) in [7, 11) is 0. The maximum Gasteiger partial charge on any atom is 0.0702 e. The van der Waals surface area contributed by atoms with Crippen LogP contribution in [0.2, 0.25) is 0 Å². The van der Waals surface area contributed by atoms with E-state index in [-0.39, 0.29) is 0 Å². The van der Waals surface area contributed by atoms with E-state index in [1.54, 1.807) is 0 Å². The Bertz CT molecular complexity index is 3190. The fourth-order valence-corrected chi connectivity index (χ4v) is 9.58. The summed E-state index contributed by atoms with van der Waals surface area (Å²) < 4.78 is 5.05. The Kier molecular flexibility index (Phi) is 7.39. The number of fused-ring (bicyclic) bond motifs is 7. The third kappa shape index (κ3) is 5.24. The van der Waals surface area contributed by atoms with Crippen LogP contribution in [-0.2, 0) is 0 Å². The Balaban J connectivity index is 1.17. The second-order valence-electron chi connectivity index (χ2n) is 14.1. The van der Waals surface area contributed by atoms with Crippen LogP contribution in [0.15, 0.2) is 206 Å². The van der Waals surface area contributed by atoms with E-state index < -0.39 is 0 Å². The van der Waals surface area contributed by atoms with Crippen LogP contribution in [0.4, 0.5) is 17.1 Å². The lowest BCUT2D eigenvalue weighted by Crippen LogP contribution is -2.14.